The van der Waals surface area contributed by atoms with Crippen molar-refractivity contribution in [1.82, 2.24) is 14.8 Å². The Morgan fingerprint density at radius 3 is 2.79 bits per heavy atom. The molecule has 0 saturated carbocycles. The Morgan fingerprint density at radius 1 is 1.26 bits per heavy atom. The zero-order valence-corrected chi connectivity index (χ0v) is 12.7. The molecule has 2 aromatic rings. The predicted octanol–water partition coefficient (Wildman–Crippen LogP) is 2.39. The van der Waals surface area contributed by atoms with Crippen LogP contribution in [0.4, 0.5) is 0 Å². The molecule has 0 N–H and O–H groups in total. The van der Waals surface area contributed by atoms with Crippen molar-refractivity contribution in [2.24, 2.45) is 0 Å². The standard InChI is InChI=1S/C12H17N3O2S2/c1-16-6-5-15-11(10-4-3-8-18-10)13-14-12(15)19-9-7-17-2/h3-4,8H,5-7,9H2,1-2H3. The van der Waals surface area contributed by atoms with Crippen molar-refractivity contribution in [2.45, 2.75) is 11.7 Å². The van der Waals surface area contributed by atoms with Crippen LogP contribution in [0.1, 0.15) is 0 Å². The second-order valence-corrected chi connectivity index (χ2v) is 5.78. The lowest BCUT2D eigenvalue weighted by Gasteiger charge is -2.08. The Morgan fingerprint density at radius 2 is 2.11 bits per heavy atom. The van der Waals surface area contributed by atoms with Crippen molar-refractivity contribution in [3.8, 4) is 10.7 Å². The molecule has 0 aliphatic rings. The Kier molecular flexibility index (Phi) is 5.84. The van der Waals surface area contributed by atoms with E-state index in [4.69, 9.17) is 9.47 Å². The highest BCUT2D eigenvalue weighted by molar-refractivity contribution is 7.99. The molecule has 2 aromatic heterocycles. The highest BCUT2D eigenvalue weighted by atomic mass is 32.2. The Balaban J connectivity index is 2.18. The van der Waals surface area contributed by atoms with E-state index in [9.17, 15) is 0 Å². The van der Waals surface area contributed by atoms with Crippen LogP contribution in [-0.4, -0.2) is 48.0 Å². The molecule has 7 heteroatoms. The van der Waals surface area contributed by atoms with E-state index in [1.54, 1.807) is 37.3 Å². The van der Waals surface area contributed by atoms with Crippen molar-refractivity contribution in [1.29, 1.82) is 0 Å². The molecular formula is C12H17N3O2S2. The van der Waals surface area contributed by atoms with E-state index in [1.165, 1.54) is 0 Å². The van der Waals surface area contributed by atoms with E-state index in [-0.39, 0.29) is 0 Å². The zero-order chi connectivity index (χ0) is 13.5. The second kappa shape index (κ2) is 7.64. The lowest BCUT2D eigenvalue weighted by molar-refractivity contribution is 0.185. The maximum atomic E-state index is 5.16. The lowest BCUT2D eigenvalue weighted by Crippen LogP contribution is -2.07. The average Bonchev–Trinajstić information content (AvgIpc) is 3.05. The second-order valence-electron chi connectivity index (χ2n) is 3.77. The van der Waals surface area contributed by atoms with E-state index in [1.807, 2.05) is 11.4 Å². The topological polar surface area (TPSA) is 49.2 Å². The van der Waals surface area contributed by atoms with Crippen LogP contribution in [0.15, 0.2) is 22.7 Å². The third-order valence-corrected chi connectivity index (χ3v) is 4.29. The van der Waals surface area contributed by atoms with Gasteiger partial charge in [-0.25, -0.2) is 0 Å². The maximum absolute atomic E-state index is 5.16. The molecule has 104 valence electrons. The summed E-state index contributed by atoms with van der Waals surface area (Å²) >= 11 is 3.32. The molecule has 2 heterocycles. The minimum absolute atomic E-state index is 0.647. The van der Waals surface area contributed by atoms with Crippen molar-refractivity contribution in [3.63, 3.8) is 0 Å². The van der Waals surface area contributed by atoms with Crippen molar-refractivity contribution in [3.05, 3.63) is 17.5 Å². The third-order valence-electron chi connectivity index (χ3n) is 2.50. The minimum atomic E-state index is 0.647. The summed E-state index contributed by atoms with van der Waals surface area (Å²) in [5.41, 5.74) is 0. The van der Waals surface area contributed by atoms with Crippen LogP contribution in [0.2, 0.25) is 0 Å². The number of hydrogen-bond donors (Lipinski definition) is 0. The quantitative estimate of drug-likeness (QED) is 0.553. The van der Waals surface area contributed by atoms with E-state index < -0.39 is 0 Å². The van der Waals surface area contributed by atoms with Crippen LogP contribution in [0.25, 0.3) is 10.7 Å². The molecule has 5 nitrogen and oxygen atoms in total. The summed E-state index contributed by atoms with van der Waals surface area (Å²) in [5, 5.41) is 11.5. The van der Waals surface area contributed by atoms with Crippen LogP contribution in [-0.2, 0) is 16.0 Å². The molecule has 0 fully saturated rings. The summed E-state index contributed by atoms with van der Waals surface area (Å²) in [6.45, 7) is 2.11. The van der Waals surface area contributed by atoms with Gasteiger partial charge in [-0.2, -0.15) is 0 Å². The fourth-order valence-corrected chi connectivity index (χ4v) is 3.17. The number of hydrogen-bond acceptors (Lipinski definition) is 6. The first-order valence-electron chi connectivity index (χ1n) is 5.94. The van der Waals surface area contributed by atoms with Crippen molar-refractivity contribution >= 4 is 23.1 Å². The molecule has 19 heavy (non-hydrogen) atoms. The van der Waals surface area contributed by atoms with Gasteiger partial charge >= 0.3 is 0 Å². The number of ether oxygens (including phenoxy) is 2. The van der Waals surface area contributed by atoms with Gasteiger partial charge in [-0.05, 0) is 11.4 Å². The molecule has 0 radical (unpaired) electrons. The first kappa shape index (κ1) is 14.5. The van der Waals surface area contributed by atoms with Gasteiger partial charge in [0.15, 0.2) is 11.0 Å². The van der Waals surface area contributed by atoms with Gasteiger partial charge in [-0.3, -0.25) is 4.57 Å². The molecule has 0 spiro atoms. The number of thioether (sulfide) groups is 1. The van der Waals surface area contributed by atoms with Crippen LogP contribution >= 0.6 is 23.1 Å². The summed E-state index contributed by atoms with van der Waals surface area (Å²) in [6, 6.07) is 4.08. The molecule has 0 unspecified atom stereocenters. The summed E-state index contributed by atoms with van der Waals surface area (Å²) in [6.07, 6.45) is 0. The van der Waals surface area contributed by atoms with Gasteiger partial charge in [-0.1, -0.05) is 17.8 Å². The van der Waals surface area contributed by atoms with Crippen LogP contribution in [0.3, 0.4) is 0 Å². The predicted molar refractivity (Wildman–Crippen MR) is 77.8 cm³/mol. The van der Waals surface area contributed by atoms with E-state index in [0.717, 1.165) is 28.2 Å². The summed E-state index contributed by atoms with van der Waals surface area (Å²) < 4.78 is 12.3. The number of aromatic nitrogens is 3. The smallest absolute Gasteiger partial charge is 0.191 e. The van der Waals surface area contributed by atoms with Gasteiger partial charge in [0.05, 0.1) is 24.6 Å². The molecule has 0 atom stereocenters. The lowest BCUT2D eigenvalue weighted by atomic mass is 10.4. The molecule has 0 aliphatic carbocycles. The monoisotopic (exact) mass is 299 g/mol. The number of thiophene rings is 1. The summed E-state index contributed by atoms with van der Waals surface area (Å²) in [7, 11) is 3.40. The van der Waals surface area contributed by atoms with Crippen LogP contribution < -0.4 is 0 Å². The van der Waals surface area contributed by atoms with Gasteiger partial charge in [0, 0.05) is 20.0 Å². The van der Waals surface area contributed by atoms with E-state index >= 15 is 0 Å². The third kappa shape index (κ3) is 3.79. The Labute approximate surface area is 120 Å². The number of methoxy groups -OCH3 is 2. The zero-order valence-electron chi connectivity index (χ0n) is 11.0. The molecule has 0 saturated heterocycles. The van der Waals surface area contributed by atoms with Crippen LogP contribution in [0.5, 0.6) is 0 Å². The van der Waals surface area contributed by atoms with E-state index in [2.05, 4.69) is 20.8 Å². The Bertz CT molecular complexity index is 485. The first-order valence-corrected chi connectivity index (χ1v) is 7.81. The number of nitrogens with zero attached hydrogens (tertiary/aromatic N) is 3. The van der Waals surface area contributed by atoms with Gasteiger partial charge in [0.2, 0.25) is 0 Å². The van der Waals surface area contributed by atoms with Gasteiger partial charge in [-0.15, -0.1) is 21.5 Å². The molecular weight excluding hydrogens is 282 g/mol. The summed E-state index contributed by atoms with van der Waals surface area (Å²) in [5.74, 6) is 1.78. The van der Waals surface area contributed by atoms with E-state index in [0.29, 0.717) is 13.2 Å². The fourth-order valence-electron chi connectivity index (χ4n) is 1.58. The Hall–Kier alpha value is -0.890. The molecule has 0 aliphatic heterocycles. The van der Waals surface area contributed by atoms with Gasteiger partial charge < -0.3 is 9.47 Å². The summed E-state index contributed by atoms with van der Waals surface area (Å²) in [4.78, 5) is 1.13. The molecule has 2 rings (SSSR count). The van der Waals surface area contributed by atoms with Crippen molar-refractivity contribution < 1.29 is 9.47 Å². The fraction of sp³-hybridized carbons (Fsp3) is 0.500. The van der Waals surface area contributed by atoms with Gasteiger partial charge in [0.1, 0.15) is 0 Å². The first-order chi connectivity index (χ1) is 9.36. The molecule has 0 amide bonds. The highest BCUT2D eigenvalue weighted by Crippen LogP contribution is 2.27. The highest BCUT2D eigenvalue weighted by Gasteiger charge is 2.14. The molecule has 0 aromatic carbocycles. The van der Waals surface area contributed by atoms with Crippen LogP contribution in [0, 0.1) is 0 Å². The van der Waals surface area contributed by atoms with Crippen molar-refractivity contribution in [2.75, 3.05) is 33.2 Å². The average molecular weight is 299 g/mol. The van der Waals surface area contributed by atoms with Gasteiger partial charge in [0.25, 0.3) is 0 Å². The largest absolute Gasteiger partial charge is 0.384 e. The SMILES string of the molecule is COCCSc1nnc(-c2cccs2)n1CCOC. The molecule has 0 bridgehead atoms. The normalized spacial score (nSPS) is 11.1. The number of rotatable bonds is 8. The minimum Gasteiger partial charge on any atom is -0.384 e. The maximum Gasteiger partial charge on any atom is 0.191 e.